The molecule has 22 heavy (non-hydrogen) atoms. The molecule has 0 radical (unpaired) electrons. The van der Waals surface area contributed by atoms with Crippen LogP contribution in [0.5, 0.6) is 0 Å². The molecule has 1 aliphatic rings. The van der Waals surface area contributed by atoms with Gasteiger partial charge in [-0.15, -0.1) is 10.2 Å². The lowest BCUT2D eigenvalue weighted by Gasteiger charge is -2.32. The molecule has 7 nitrogen and oxygen atoms in total. The summed E-state index contributed by atoms with van der Waals surface area (Å²) in [6.07, 6.45) is 3.15. The van der Waals surface area contributed by atoms with E-state index < -0.39 is 0 Å². The number of halogens is 1. The Bertz CT molecular complexity index is 681. The number of amides is 1. The normalized spacial score (nSPS) is 18.7. The van der Waals surface area contributed by atoms with Crippen molar-refractivity contribution in [3.63, 3.8) is 0 Å². The van der Waals surface area contributed by atoms with Gasteiger partial charge in [-0.2, -0.15) is 0 Å². The highest BCUT2D eigenvalue weighted by Gasteiger charge is 2.30. The molecule has 118 valence electrons. The summed E-state index contributed by atoms with van der Waals surface area (Å²) in [5.74, 6) is 0.704. The summed E-state index contributed by atoms with van der Waals surface area (Å²) in [7, 11) is 1.81. The van der Waals surface area contributed by atoms with Gasteiger partial charge >= 0.3 is 0 Å². The lowest BCUT2D eigenvalue weighted by Crippen LogP contribution is -2.43. The molecule has 1 fully saturated rings. The first-order valence-electron chi connectivity index (χ1n) is 7.20. The first-order valence-corrected chi connectivity index (χ1v) is 7.58. The molecule has 1 atom stereocenters. The minimum atomic E-state index is -0.254. The first-order chi connectivity index (χ1) is 10.6. The summed E-state index contributed by atoms with van der Waals surface area (Å²) in [4.78, 5) is 14.4. The van der Waals surface area contributed by atoms with E-state index >= 15 is 0 Å². The van der Waals surface area contributed by atoms with Crippen LogP contribution in [0.3, 0.4) is 0 Å². The van der Waals surface area contributed by atoms with E-state index in [1.165, 1.54) is 0 Å². The Morgan fingerprint density at radius 2 is 2.36 bits per heavy atom. The van der Waals surface area contributed by atoms with Gasteiger partial charge in [0.15, 0.2) is 5.82 Å². The zero-order chi connectivity index (χ0) is 15.7. The summed E-state index contributed by atoms with van der Waals surface area (Å²) in [6, 6.07) is 1.68. The first kappa shape index (κ1) is 15.1. The Morgan fingerprint density at radius 1 is 1.55 bits per heavy atom. The molecule has 1 saturated heterocycles. The van der Waals surface area contributed by atoms with Gasteiger partial charge in [0.2, 0.25) is 0 Å². The maximum Gasteiger partial charge on any atom is 0.270 e. The average molecular weight is 324 g/mol. The number of ether oxygens (including phenoxy) is 1. The van der Waals surface area contributed by atoms with Crippen molar-refractivity contribution in [3.05, 3.63) is 35.1 Å². The van der Waals surface area contributed by atoms with E-state index in [-0.39, 0.29) is 12.0 Å². The standard InChI is InChI=1S/C14H18ClN5O2/c1-3-19-9-16-17-13(19)12-8-20(4-5-22-12)14(21)11-6-10(15)7-18(11)2/h6-7,9,12H,3-5,8H2,1-2H3/t12-/m0/s1. The van der Waals surface area contributed by atoms with Gasteiger partial charge in [-0.1, -0.05) is 11.6 Å². The van der Waals surface area contributed by atoms with Crippen LogP contribution >= 0.6 is 11.6 Å². The van der Waals surface area contributed by atoms with Gasteiger partial charge in [-0.05, 0) is 13.0 Å². The highest BCUT2D eigenvalue weighted by Crippen LogP contribution is 2.23. The number of rotatable bonds is 3. The predicted molar refractivity (Wildman–Crippen MR) is 80.7 cm³/mol. The van der Waals surface area contributed by atoms with Crippen LogP contribution in [-0.2, 0) is 18.3 Å². The maximum absolute atomic E-state index is 12.7. The van der Waals surface area contributed by atoms with Crippen LogP contribution in [0.15, 0.2) is 18.6 Å². The number of carbonyl (C=O) groups excluding carboxylic acids is 1. The smallest absolute Gasteiger partial charge is 0.270 e. The fraction of sp³-hybridized carbons (Fsp3) is 0.500. The van der Waals surface area contributed by atoms with Gasteiger partial charge < -0.3 is 18.8 Å². The molecule has 0 N–H and O–H groups in total. The average Bonchev–Trinajstić information content (AvgIpc) is 3.12. The molecule has 3 heterocycles. The van der Waals surface area contributed by atoms with Crippen LogP contribution in [0, 0.1) is 0 Å². The lowest BCUT2D eigenvalue weighted by atomic mass is 10.2. The zero-order valence-corrected chi connectivity index (χ0v) is 13.3. The Morgan fingerprint density at radius 3 is 3.05 bits per heavy atom. The maximum atomic E-state index is 12.7. The molecule has 0 spiro atoms. The summed E-state index contributed by atoms with van der Waals surface area (Å²) in [6.45, 7) is 4.28. The Balaban J connectivity index is 1.78. The van der Waals surface area contributed by atoms with Crippen molar-refractivity contribution in [2.75, 3.05) is 19.7 Å². The zero-order valence-electron chi connectivity index (χ0n) is 12.6. The molecular weight excluding hydrogens is 306 g/mol. The number of nitrogens with zero attached hydrogens (tertiary/aromatic N) is 5. The fourth-order valence-corrected chi connectivity index (χ4v) is 2.90. The topological polar surface area (TPSA) is 65.2 Å². The number of carbonyl (C=O) groups is 1. The van der Waals surface area contributed by atoms with Crippen LogP contribution in [0.25, 0.3) is 0 Å². The van der Waals surface area contributed by atoms with E-state index in [2.05, 4.69) is 10.2 Å². The Hall–Kier alpha value is -1.86. The highest BCUT2D eigenvalue weighted by atomic mass is 35.5. The van der Waals surface area contributed by atoms with E-state index in [9.17, 15) is 4.79 Å². The number of aryl methyl sites for hydroxylation is 2. The number of aromatic nitrogens is 4. The molecular formula is C14H18ClN5O2. The molecule has 0 bridgehead atoms. The summed E-state index contributed by atoms with van der Waals surface area (Å²) >= 11 is 5.96. The van der Waals surface area contributed by atoms with Crippen LogP contribution in [0.2, 0.25) is 5.02 Å². The van der Waals surface area contributed by atoms with Crippen LogP contribution in [0.1, 0.15) is 29.3 Å². The van der Waals surface area contributed by atoms with Crippen molar-refractivity contribution >= 4 is 17.5 Å². The Labute approximate surface area is 133 Å². The Kier molecular flexibility index (Phi) is 4.17. The van der Waals surface area contributed by atoms with E-state index in [0.717, 1.165) is 12.4 Å². The molecule has 2 aromatic heterocycles. The molecule has 2 aromatic rings. The van der Waals surface area contributed by atoms with E-state index in [4.69, 9.17) is 16.3 Å². The van der Waals surface area contributed by atoms with Crippen molar-refractivity contribution in [3.8, 4) is 0 Å². The SMILES string of the molecule is CCn1cnnc1[C@@H]1CN(C(=O)c2cc(Cl)cn2C)CCO1. The van der Waals surface area contributed by atoms with Crippen molar-refractivity contribution < 1.29 is 9.53 Å². The van der Waals surface area contributed by atoms with Crippen LogP contribution in [-0.4, -0.2) is 49.8 Å². The van der Waals surface area contributed by atoms with Gasteiger partial charge in [0.05, 0.1) is 18.2 Å². The molecule has 0 unspecified atom stereocenters. The largest absolute Gasteiger partial charge is 0.366 e. The fourth-order valence-electron chi connectivity index (χ4n) is 2.65. The monoisotopic (exact) mass is 323 g/mol. The molecule has 8 heteroatoms. The van der Waals surface area contributed by atoms with E-state index in [1.54, 1.807) is 28.1 Å². The third-order valence-electron chi connectivity index (χ3n) is 3.82. The minimum absolute atomic E-state index is 0.0507. The molecule has 0 aliphatic carbocycles. The molecule has 1 aliphatic heterocycles. The number of hydrogen-bond acceptors (Lipinski definition) is 4. The molecule has 1 amide bonds. The van der Waals surface area contributed by atoms with Crippen LogP contribution < -0.4 is 0 Å². The van der Waals surface area contributed by atoms with Gasteiger partial charge in [-0.25, -0.2) is 0 Å². The van der Waals surface area contributed by atoms with Crippen LogP contribution in [0.4, 0.5) is 0 Å². The van der Waals surface area contributed by atoms with Gasteiger partial charge in [0, 0.05) is 26.3 Å². The molecule has 0 aromatic carbocycles. The predicted octanol–water partition coefficient (Wildman–Crippen LogP) is 1.50. The summed E-state index contributed by atoms with van der Waals surface area (Å²) < 4.78 is 9.43. The molecule has 0 saturated carbocycles. The minimum Gasteiger partial charge on any atom is -0.366 e. The number of hydrogen-bond donors (Lipinski definition) is 0. The quantitative estimate of drug-likeness (QED) is 0.858. The number of morpholine rings is 1. The second kappa shape index (κ2) is 6.10. The lowest BCUT2D eigenvalue weighted by molar-refractivity contribution is -0.0286. The van der Waals surface area contributed by atoms with Crippen molar-refractivity contribution in [2.45, 2.75) is 19.6 Å². The second-order valence-electron chi connectivity index (χ2n) is 5.24. The van der Waals surface area contributed by atoms with Gasteiger partial charge in [0.25, 0.3) is 5.91 Å². The summed E-state index contributed by atoms with van der Waals surface area (Å²) in [5.41, 5.74) is 0.572. The third-order valence-corrected chi connectivity index (χ3v) is 4.03. The summed E-state index contributed by atoms with van der Waals surface area (Å²) in [5, 5.41) is 8.60. The van der Waals surface area contributed by atoms with Gasteiger partial charge in [0.1, 0.15) is 18.1 Å². The molecule has 3 rings (SSSR count). The van der Waals surface area contributed by atoms with Crippen molar-refractivity contribution in [1.82, 2.24) is 24.2 Å². The third kappa shape index (κ3) is 2.74. The van der Waals surface area contributed by atoms with E-state index in [0.29, 0.717) is 30.4 Å². The highest BCUT2D eigenvalue weighted by molar-refractivity contribution is 6.31. The van der Waals surface area contributed by atoms with E-state index in [1.807, 2.05) is 18.5 Å². The van der Waals surface area contributed by atoms with Crippen molar-refractivity contribution in [2.24, 2.45) is 7.05 Å². The second-order valence-corrected chi connectivity index (χ2v) is 5.68. The van der Waals surface area contributed by atoms with Crippen molar-refractivity contribution in [1.29, 1.82) is 0 Å². The van der Waals surface area contributed by atoms with Gasteiger partial charge in [-0.3, -0.25) is 4.79 Å².